The smallest absolute Gasteiger partial charge is 0.337 e. The summed E-state index contributed by atoms with van der Waals surface area (Å²) in [6, 6.07) is 11.5. The second-order valence-corrected chi connectivity index (χ2v) is 11.2. The Labute approximate surface area is 237 Å². The second kappa shape index (κ2) is 11.5. The van der Waals surface area contributed by atoms with Crippen LogP contribution in [0.5, 0.6) is 17.2 Å². The van der Waals surface area contributed by atoms with Crippen molar-refractivity contribution in [3.63, 3.8) is 0 Å². The van der Waals surface area contributed by atoms with Gasteiger partial charge in [0.25, 0.3) is 0 Å². The van der Waals surface area contributed by atoms with Gasteiger partial charge in [-0.1, -0.05) is 22.0 Å². The van der Waals surface area contributed by atoms with E-state index >= 15 is 0 Å². The van der Waals surface area contributed by atoms with Crippen LogP contribution in [0.25, 0.3) is 0 Å². The van der Waals surface area contributed by atoms with Gasteiger partial charge in [0.05, 0.1) is 32.8 Å². The third kappa shape index (κ3) is 5.31. The molecule has 1 heterocycles. The van der Waals surface area contributed by atoms with E-state index in [1.807, 2.05) is 43.3 Å². The average Bonchev–Trinajstić information content (AvgIpc) is 3.44. The molecule has 8 heteroatoms. The third-order valence-electron chi connectivity index (χ3n) is 8.01. The van der Waals surface area contributed by atoms with Crippen LogP contribution in [0.4, 0.5) is 0 Å². The molecule has 2 aromatic rings. The Hall–Kier alpha value is -3.26. The van der Waals surface area contributed by atoms with Crippen LogP contribution < -0.4 is 19.5 Å². The highest BCUT2D eigenvalue weighted by Gasteiger charge is 2.43. The molecule has 2 atom stereocenters. The molecule has 0 radical (unpaired) electrons. The van der Waals surface area contributed by atoms with Crippen LogP contribution in [-0.4, -0.2) is 39.2 Å². The van der Waals surface area contributed by atoms with Gasteiger partial charge < -0.3 is 24.3 Å². The van der Waals surface area contributed by atoms with E-state index in [0.29, 0.717) is 46.9 Å². The summed E-state index contributed by atoms with van der Waals surface area (Å²) in [6.45, 7) is 1.89. The van der Waals surface area contributed by atoms with Crippen molar-refractivity contribution >= 4 is 27.7 Å². The number of methoxy groups -OCH3 is 3. The van der Waals surface area contributed by atoms with Crippen molar-refractivity contribution in [1.82, 2.24) is 5.32 Å². The number of hydrogen-bond donors (Lipinski definition) is 1. The minimum absolute atomic E-state index is 0.00534. The van der Waals surface area contributed by atoms with Gasteiger partial charge in [0.2, 0.25) is 0 Å². The number of allylic oxidation sites excluding steroid dienone is 3. The highest BCUT2D eigenvalue weighted by atomic mass is 79.9. The van der Waals surface area contributed by atoms with Gasteiger partial charge >= 0.3 is 5.97 Å². The number of ketones is 1. The van der Waals surface area contributed by atoms with Crippen molar-refractivity contribution in [2.45, 2.75) is 63.4 Å². The Morgan fingerprint density at radius 3 is 2.31 bits per heavy atom. The van der Waals surface area contributed by atoms with Gasteiger partial charge in [-0.3, -0.25) is 4.79 Å². The number of esters is 1. The molecule has 2 aliphatic carbocycles. The van der Waals surface area contributed by atoms with Crippen molar-refractivity contribution in [3.05, 3.63) is 74.5 Å². The second-order valence-electron chi connectivity index (χ2n) is 10.3. The molecular formula is C31H34BrNO6. The molecule has 7 nitrogen and oxygen atoms in total. The minimum Gasteiger partial charge on any atom is -0.496 e. The summed E-state index contributed by atoms with van der Waals surface area (Å²) in [4.78, 5) is 27.7. The number of halogens is 1. The number of ether oxygens (including phenoxy) is 4. The van der Waals surface area contributed by atoms with E-state index in [0.717, 1.165) is 47.0 Å². The van der Waals surface area contributed by atoms with E-state index < -0.39 is 5.92 Å². The Balaban J connectivity index is 1.57. The predicted octanol–water partition coefficient (Wildman–Crippen LogP) is 6.32. The van der Waals surface area contributed by atoms with Crippen molar-refractivity contribution in [2.75, 3.05) is 21.3 Å². The van der Waals surface area contributed by atoms with Gasteiger partial charge in [0, 0.05) is 33.4 Å². The molecule has 1 aliphatic heterocycles. The zero-order valence-electron chi connectivity index (χ0n) is 22.8. The number of carbonyl (C=O) groups is 2. The first-order valence-corrected chi connectivity index (χ1v) is 14.1. The summed E-state index contributed by atoms with van der Waals surface area (Å²) < 4.78 is 23.5. The predicted molar refractivity (Wildman–Crippen MR) is 151 cm³/mol. The first kappa shape index (κ1) is 27.3. The third-order valence-corrected chi connectivity index (χ3v) is 8.50. The topological polar surface area (TPSA) is 83.1 Å². The van der Waals surface area contributed by atoms with Crippen LogP contribution in [0.3, 0.4) is 0 Å². The minimum atomic E-state index is -0.596. The summed E-state index contributed by atoms with van der Waals surface area (Å²) in [5.41, 5.74) is 4.36. The maximum atomic E-state index is 14.0. The van der Waals surface area contributed by atoms with E-state index in [4.69, 9.17) is 18.9 Å². The molecule has 1 fully saturated rings. The number of nitrogens with one attached hydrogen (secondary N) is 1. The van der Waals surface area contributed by atoms with Gasteiger partial charge in [0.1, 0.15) is 11.9 Å². The summed E-state index contributed by atoms with van der Waals surface area (Å²) in [5, 5.41) is 3.44. The van der Waals surface area contributed by atoms with Crippen LogP contribution in [0, 0.1) is 0 Å². The highest BCUT2D eigenvalue weighted by molar-refractivity contribution is 9.10. The van der Waals surface area contributed by atoms with Crippen LogP contribution in [-0.2, 0) is 14.3 Å². The van der Waals surface area contributed by atoms with E-state index in [2.05, 4.69) is 21.2 Å². The summed E-state index contributed by atoms with van der Waals surface area (Å²) in [7, 11) is 4.81. The number of rotatable bonds is 7. The lowest BCUT2D eigenvalue weighted by molar-refractivity contribution is -0.144. The van der Waals surface area contributed by atoms with E-state index in [1.165, 1.54) is 0 Å². The molecule has 0 bridgehead atoms. The monoisotopic (exact) mass is 595 g/mol. The fourth-order valence-corrected chi connectivity index (χ4v) is 6.49. The zero-order valence-corrected chi connectivity index (χ0v) is 24.4. The molecule has 0 unspecified atom stereocenters. The van der Waals surface area contributed by atoms with Crippen LogP contribution in [0.1, 0.15) is 68.4 Å². The molecule has 0 spiro atoms. The number of benzene rings is 2. The van der Waals surface area contributed by atoms with Crippen LogP contribution in [0.2, 0.25) is 0 Å². The maximum absolute atomic E-state index is 14.0. The van der Waals surface area contributed by atoms with Crippen molar-refractivity contribution < 1.29 is 28.5 Å². The SMILES string of the molecule is COc1ccc([C@H]2CC(=O)C3=C(C2)NC(C)=C(C(=O)OC2CCCC2)[C@H]3c2cc(Br)ccc2OC)cc1OC. The van der Waals surface area contributed by atoms with Gasteiger partial charge in [0.15, 0.2) is 17.3 Å². The Morgan fingerprint density at radius 1 is 0.923 bits per heavy atom. The van der Waals surface area contributed by atoms with E-state index in [9.17, 15) is 9.59 Å². The Kier molecular flexibility index (Phi) is 8.03. The molecule has 206 valence electrons. The van der Waals surface area contributed by atoms with Gasteiger partial charge in [-0.25, -0.2) is 4.79 Å². The molecule has 39 heavy (non-hydrogen) atoms. The van der Waals surface area contributed by atoms with Crippen LogP contribution >= 0.6 is 15.9 Å². The van der Waals surface area contributed by atoms with Gasteiger partial charge in [-0.15, -0.1) is 0 Å². The lowest BCUT2D eigenvalue weighted by atomic mass is 9.71. The highest BCUT2D eigenvalue weighted by Crippen LogP contribution is 2.49. The zero-order chi connectivity index (χ0) is 27.7. The molecule has 3 aliphatic rings. The lowest BCUT2D eigenvalue weighted by Gasteiger charge is -2.37. The van der Waals surface area contributed by atoms with Crippen molar-refractivity contribution in [2.24, 2.45) is 0 Å². The largest absolute Gasteiger partial charge is 0.496 e. The maximum Gasteiger partial charge on any atom is 0.337 e. The normalized spacial score (nSPS) is 21.4. The summed E-state index contributed by atoms with van der Waals surface area (Å²) in [5.74, 6) is 0.865. The first-order chi connectivity index (χ1) is 18.8. The van der Waals surface area contributed by atoms with Crippen LogP contribution in [0.15, 0.2) is 63.4 Å². The lowest BCUT2D eigenvalue weighted by Crippen LogP contribution is -2.36. The average molecular weight is 597 g/mol. The Morgan fingerprint density at radius 2 is 1.62 bits per heavy atom. The number of Topliss-reactive ketones (excluding diaryl/α,β-unsaturated/α-hetero) is 1. The molecule has 0 saturated heterocycles. The molecular weight excluding hydrogens is 562 g/mol. The summed E-state index contributed by atoms with van der Waals surface area (Å²) in [6.07, 6.45) is 4.70. The molecule has 1 saturated carbocycles. The molecule has 0 aromatic heterocycles. The quantitative estimate of drug-likeness (QED) is 0.375. The number of hydrogen-bond acceptors (Lipinski definition) is 7. The number of dihydropyridines is 1. The molecule has 1 N–H and O–H groups in total. The summed E-state index contributed by atoms with van der Waals surface area (Å²) >= 11 is 3.58. The van der Waals surface area contributed by atoms with E-state index in [1.54, 1.807) is 21.3 Å². The molecule has 5 rings (SSSR count). The van der Waals surface area contributed by atoms with Gasteiger partial charge in [-0.05, 0) is 80.8 Å². The standard InChI is InChI=1S/C31H34BrNO6/c1-17-28(31(35)39-21-7-5-6-8-21)29(22-16-20(32)10-12-25(22)36-2)30-23(33-17)13-19(14-24(30)34)18-9-11-26(37-3)27(15-18)38-4/h9-12,15-16,19,21,29,33H,5-8,13-14H2,1-4H3/t19-,29-/m1/s1. The van der Waals surface area contributed by atoms with E-state index in [-0.39, 0.29) is 23.8 Å². The fourth-order valence-electron chi connectivity index (χ4n) is 6.11. The fraction of sp³-hybridized carbons (Fsp3) is 0.419. The molecule has 0 amide bonds. The van der Waals surface area contributed by atoms with Gasteiger partial charge in [-0.2, -0.15) is 0 Å². The Bertz CT molecular complexity index is 1360. The van der Waals surface area contributed by atoms with Crippen molar-refractivity contribution in [1.29, 1.82) is 0 Å². The van der Waals surface area contributed by atoms with Crippen molar-refractivity contribution in [3.8, 4) is 17.2 Å². The number of carbonyl (C=O) groups excluding carboxylic acids is 2. The first-order valence-electron chi connectivity index (χ1n) is 13.3. The molecule has 2 aromatic carbocycles.